The molecule has 1 aromatic rings. The van der Waals surface area contributed by atoms with E-state index in [2.05, 4.69) is 0 Å². The quantitative estimate of drug-likeness (QED) is 0.426. The van der Waals surface area contributed by atoms with E-state index in [-0.39, 0.29) is 12.4 Å². The lowest BCUT2D eigenvalue weighted by molar-refractivity contribution is -0.387. The van der Waals surface area contributed by atoms with Gasteiger partial charge in [0, 0.05) is 19.2 Å². The lowest BCUT2D eigenvalue weighted by Crippen LogP contribution is -2.04. The van der Waals surface area contributed by atoms with Crippen molar-refractivity contribution in [2.45, 2.75) is 0 Å². The maximum atomic E-state index is 13.1. The summed E-state index contributed by atoms with van der Waals surface area (Å²) in [6, 6.07) is 3.39. The molecule has 5 nitrogen and oxygen atoms in total. The fourth-order valence-corrected chi connectivity index (χ4v) is 0.968. The van der Waals surface area contributed by atoms with Crippen LogP contribution in [0.15, 0.2) is 18.2 Å². The van der Waals surface area contributed by atoms with Gasteiger partial charge in [-0.25, -0.2) is 0 Å². The Morgan fingerprint density at radius 3 is 2.73 bits per heavy atom. The zero-order valence-electron chi connectivity index (χ0n) is 8.10. The number of rotatable bonds is 5. The van der Waals surface area contributed by atoms with Crippen LogP contribution in [0.5, 0.6) is 5.75 Å². The van der Waals surface area contributed by atoms with E-state index in [0.29, 0.717) is 6.61 Å². The molecule has 1 rings (SSSR count). The molecule has 0 aliphatic rings. The van der Waals surface area contributed by atoms with E-state index >= 15 is 0 Å². The summed E-state index contributed by atoms with van der Waals surface area (Å²) in [5.74, 6) is -0.662. The number of nitro benzene ring substituents is 1. The molecular weight excluding hydrogens is 205 g/mol. The maximum absolute atomic E-state index is 13.1. The van der Waals surface area contributed by atoms with Gasteiger partial charge in [0.2, 0.25) is 5.82 Å². The third-order valence-corrected chi connectivity index (χ3v) is 1.67. The second-order valence-corrected chi connectivity index (χ2v) is 2.71. The Balaban J connectivity index is 2.69. The van der Waals surface area contributed by atoms with Gasteiger partial charge >= 0.3 is 5.69 Å². The number of nitro groups is 1. The number of ether oxygens (including phenoxy) is 2. The highest BCUT2D eigenvalue weighted by Gasteiger charge is 2.13. The number of halogens is 1. The van der Waals surface area contributed by atoms with Crippen LogP contribution in [0.25, 0.3) is 0 Å². The molecule has 0 heterocycles. The Morgan fingerprint density at radius 1 is 1.47 bits per heavy atom. The van der Waals surface area contributed by atoms with E-state index < -0.39 is 16.4 Å². The van der Waals surface area contributed by atoms with Gasteiger partial charge in [-0.15, -0.1) is 0 Å². The third kappa shape index (κ3) is 3.17. The van der Waals surface area contributed by atoms with Crippen molar-refractivity contribution in [1.82, 2.24) is 0 Å². The van der Waals surface area contributed by atoms with Crippen LogP contribution >= 0.6 is 0 Å². The molecule has 0 amide bonds. The first-order chi connectivity index (χ1) is 7.15. The smallest absolute Gasteiger partial charge is 0.305 e. The molecule has 0 aliphatic heterocycles. The molecule has 0 fully saturated rings. The Hall–Kier alpha value is -1.69. The number of hydrogen-bond donors (Lipinski definition) is 0. The average Bonchev–Trinajstić information content (AvgIpc) is 2.17. The van der Waals surface area contributed by atoms with Crippen molar-refractivity contribution in [2.75, 3.05) is 20.3 Å². The fraction of sp³-hybridized carbons (Fsp3) is 0.333. The predicted molar refractivity (Wildman–Crippen MR) is 50.4 cm³/mol. The van der Waals surface area contributed by atoms with Gasteiger partial charge in [-0.3, -0.25) is 10.1 Å². The van der Waals surface area contributed by atoms with Crippen molar-refractivity contribution in [3.63, 3.8) is 0 Å². The largest absolute Gasteiger partial charge is 0.491 e. The number of hydrogen-bond acceptors (Lipinski definition) is 4. The summed E-state index contributed by atoms with van der Waals surface area (Å²) >= 11 is 0. The Bertz CT molecular complexity index is 356. The van der Waals surface area contributed by atoms with Crippen molar-refractivity contribution in [2.24, 2.45) is 0 Å². The van der Waals surface area contributed by atoms with Crippen LogP contribution < -0.4 is 4.74 Å². The van der Waals surface area contributed by atoms with Crippen LogP contribution in [0.4, 0.5) is 10.1 Å². The summed E-state index contributed by atoms with van der Waals surface area (Å²) in [5.41, 5.74) is -0.561. The predicted octanol–water partition coefficient (Wildman–Crippen LogP) is 1.76. The van der Waals surface area contributed by atoms with Gasteiger partial charge < -0.3 is 9.47 Å². The molecule has 0 unspecified atom stereocenters. The van der Waals surface area contributed by atoms with Gasteiger partial charge in [-0.2, -0.15) is 4.39 Å². The molecule has 0 aliphatic carbocycles. The van der Waals surface area contributed by atoms with E-state index in [4.69, 9.17) is 9.47 Å². The van der Waals surface area contributed by atoms with E-state index in [1.807, 2.05) is 0 Å². The molecular formula is C9H10FNO4. The Kier molecular flexibility index (Phi) is 3.99. The molecule has 0 spiro atoms. The van der Waals surface area contributed by atoms with E-state index in [9.17, 15) is 14.5 Å². The highest BCUT2D eigenvalue weighted by atomic mass is 19.1. The topological polar surface area (TPSA) is 61.6 Å². The summed E-state index contributed by atoms with van der Waals surface area (Å²) in [4.78, 5) is 9.51. The van der Waals surface area contributed by atoms with Crippen molar-refractivity contribution in [1.29, 1.82) is 0 Å². The molecule has 6 heteroatoms. The molecule has 0 radical (unpaired) electrons. The Morgan fingerprint density at radius 2 is 2.20 bits per heavy atom. The number of nitrogens with zero attached hydrogens (tertiary/aromatic N) is 1. The summed E-state index contributed by atoms with van der Waals surface area (Å²) in [5, 5.41) is 10.3. The van der Waals surface area contributed by atoms with Crippen molar-refractivity contribution in [3.05, 3.63) is 34.1 Å². The highest BCUT2D eigenvalue weighted by molar-refractivity contribution is 5.37. The van der Waals surface area contributed by atoms with Crippen molar-refractivity contribution < 1.29 is 18.8 Å². The molecule has 0 atom stereocenters. The average molecular weight is 215 g/mol. The van der Waals surface area contributed by atoms with Crippen molar-refractivity contribution >= 4 is 5.69 Å². The highest BCUT2D eigenvalue weighted by Crippen LogP contribution is 2.22. The van der Waals surface area contributed by atoms with Gasteiger partial charge in [0.25, 0.3) is 0 Å². The standard InChI is InChI=1S/C9H10FNO4/c1-14-4-5-15-7-2-3-9(11(12)13)8(10)6-7/h2-3,6H,4-5H2,1H3. The fourth-order valence-electron chi connectivity index (χ4n) is 0.968. The first-order valence-electron chi connectivity index (χ1n) is 4.21. The van der Waals surface area contributed by atoms with Gasteiger partial charge in [0.15, 0.2) is 0 Å². The second-order valence-electron chi connectivity index (χ2n) is 2.71. The van der Waals surface area contributed by atoms with Crippen LogP contribution in [0.1, 0.15) is 0 Å². The SMILES string of the molecule is COCCOc1ccc([N+](=O)[O-])c(F)c1. The first-order valence-corrected chi connectivity index (χ1v) is 4.21. The third-order valence-electron chi connectivity index (χ3n) is 1.67. The minimum absolute atomic E-state index is 0.246. The normalized spacial score (nSPS) is 10.0. The van der Waals surface area contributed by atoms with E-state index in [1.54, 1.807) is 0 Å². The van der Waals surface area contributed by atoms with Crippen LogP contribution in [-0.4, -0.2) is 25.2 Å². The molecule has 15 heavy (non-hydrogen) atoms. The summed E-state index contributed by atoms with van der Waals surface area (Å²) in [6.07, 6.45) is 0. The minimum Gasteiger partial charge on any atom is -0.491 e. The Labute approximate surface area is 85.6 Å². The zero-order valence-corrected chi connectivity index (χ0v) is 8.10. The summed E-state index contributed by atoms with van der Waals surface area (Å²) in [7, 11) is 1.51. The van der Waals surface area contributed by atoms with E-state index in [0.717, 1.165) is 12.1 Å². The van der Waals surface area contributed by atoms with Crippen LogP contribution in [0.3, 0.4) is 0 Å². The maximum Gasteiger partial charge on any atom is 0.305 e. The molecule has 0 N–H and O–H groups in total. The molecule has 1 aromatic carbocycles. The number of methoxy groups -OCH3 is 1. The minimum atomic E-state index is -0.907. The summed E-state index contributed by atoms with van der Waals surface area (Å²) in [6.45, 7) is 0.645. The van der Waals surface area contributed by atoms with Crippen molar-refractivity contribution in [3.8, 4) is 5.75 Å². The number of benzene rings is 1. The van der Waals surface area contributed by atoms with Gasteiger partial charge in [-0.05, 0) is 6.07 Å². The van der Waals surface area contributed by atoms with Crippen LogP contribution in [0, 0.1) is 15.9 Å². The molecule has 0 saturated carbocycles. The lowest BCUT2D eigenvalue weighted by Gasteiger charge is -2.04. The second kappa shape index (κ2) is 5.26. The first kappa shape index (κ1) is 11.4. The van der Waals surface area contributed by atoms with Gasteiger partial charge in [0.05, 0.1) is 11.5 Å². The van der Waals surface area contributed by atoms with Gasteiger partial charge in [0.1, 0.15) is 12.4 Å². The molecule has 82 valence electrons. The molecule has 0 aromatic heterocycles. The van der Waals surface area contributed by atoms with Gasteiger partial charge in [-0.1, -0.05) is 0 Å². The molecule has 0 bridgehead atoms. The van der Waals surface area contributed by atoms with Crippen LogP contribution in [-0.2, 0) is 4.74 Å². The van der Waals surface area contributed by atoms with Crippen LogP contribution in [0.2, 0.25) is 0 Å². The summed E-state index contributed by atoms with van der Waals surface area (Å²) < 4.78 is 22.9. The zero-order chi connectivity index (χ0) is 11.3. The van der Waals surface area contributed by atoms with E-state index in [1.165, 1.54) is 13.2 Å². The monoisotopic (exact) mass is 215 g/mol. The lowest BCUT2D eigenvalue weighted by atomic mass is 10.3. The molecule has 0 saturated heterocycles.